The third kappa shape index (κ3) is 3.43. The summed E-state index contributed by atoms with van der Waals surface area (Å²) >= 11 is 3.25. The van der Waals surface area contributed by atoms with Gasteiger partial charge in [0.1, 0.15) is 0 Å². The molecule has 0 spiro atoms. The lowest BCUT2D eigenvalue weighted by Crippen LogP contribution is -2.35. The number of amides is 1. The molecule has 0 bridgehead atoms. The van der Waals surface area contributed by atoms with E-state index < -0.39 is 9.05 Å². The summed E-state index contributed by atoms with van der Waals surface area (Å²) in [6, 6.07) is 3.32. The lowest BCUT2D eigenvalue weighted by molar-refractivity contribution is 0.0732. The summed E-state index contributed by atoms with van der Waals surface area (Å²) in [4.78, 5) is 14.5. The normalized spacial score (nSPS) is 19.0. The molecule has 0 N–H and O–H groups in total. The second-order valence-corrected chi connectivity index (χ2v) is 8.67. The number of nitrogens with zero attached hydrogens (tertiary/aromatic N) is 1. The van der Waals surface area contributed by atoms with Crippen LogP contribution in [0.5, 0.6) is 0 Å². The van der Waals surface area contributed by atoms with Gasteiger partial charge >= 0.3 is 0 Å². The van der Waals surface area contributed by atoms with Crippen molar-refractivity contribution >= 4 is 41.6 Å². The van der Waals surface area contributed by atoms with Gasteiger partial charge in [0.15, 0.2) is 0 Å². The maximum absolute atomic E-state index is 12.7. The smallest absolute Gasteiger partial charge is 0.261 e. The van der Waals surface area contributed by atoms with Crippen LogP contribution >= 0.6 is 26.6 Å². The highest BCUT2D eigenvalue weighted by atomic mass is 79.9. The summed E-state index contributed by atoms with van der Waals surface area (Å²) < 4.78 is 23.8. The molecule has 0 saturated carbocycles. The SMILES string of the molecule is CCC1CCCN1C(=O)c1cc(Br)cc(S(=O)(=O)Cl)c1C. The molecule has 1 aliphatic rings. The van der Waals surface area contributed by atoms with Crippen molar-refractivity contribution in [1.29, 1.82) is 0 Å². The Morgan fingerprint density at radius 1 is 1.48 bits per heavy atom. The van der Waals surface area contributed by atoms with Crippen molar-refractivity contribution in [3.63, 3.8) is 0 Å². The van der Waals surface area contributed by atoms with E-state index >= 15 is 0 Å². The average molecular weight is 395 g/mol. The molecule has 1 amide bonds. The van der Waals surface area contributed by atoms with Crippen molar-refractivity contribution in [3.8, 4) is 0 Å². The Bertz CT molecular complexity index is 675. The highest BCUT2D eigenvalue weighted by Gasteiger charge is 2.30. The fourth-order valence-corrected chi connectivity index (χ4v) is 4.65. The number of benzene rings is 1. The van der Waals surface area contributed by atoms with Crippen molar-refractivity contribution in [2.24, 2.45) is 0 Å². The van der Waals surface area contributed by atoms with Crippen LogP contribution in [0.1, 0.15) is 42.1 Å². The van der Waals surface area contributed by atoms with Crippen LogP contribution < -0.4 is 0 Å². The molecule has 1 aliphatic heterocycles. The van der Waals surface area contributed by atoms with Crippen LogP contribution in [0.4, 0.5) is 0 Å². The number of likely N-dealkylation sites (tertiary alicyclic amines) is 1. The molecule has 7 heteroatoms. The van der Waals surface area contributed by atoms with Gasteiger partial charge in [-0.1, -0.05) is 22.9 Å². The van der Waals surface area contributed by atoms with Gasteiger partial charge < -0.3 is 4.90 Å². The van der Waals surface area contributed by atoms with Crippen LogP contribution in [0.25, 0.3) is 0 Å². The van der Waals surface area contributed by atoms with Gasteiger partial charge in [-0.05, 0) is 43.9 Å². The topological polar surface area (TPSA) is 54.5 Å². The average Bonchev–Trinajstić information content (AvgIpc) is 2.87. The molecule has 116 valence electrons. The van der Waals surface area contributed by atoms with Gasteiger partial charge in [-0.25, -0.2) is 8.42 Å². The quantitative estimate of drug-likeness (QED) is 0.735. The van der Waals surface area contributed by atoms with Gasteiger partial charge in [-0.3, -0.25) is 4.79 Å². The first-order chi connectivity index (χ1) is 9.75. The summed E-state index contributed by atoms with van der Waals surface area (Å²) in [5.41, 5.74) is 0.795. The van der Waals surface area contributed by atoms with Crippen LogP contribution in [0.2, 0.25) is 0 Å². The van der Waals surface area contributed by atoms with Crippen molar-refractivity contribution in [1.82, 2.24) is 4.90 Å². The van der Waals surface area contributed by atoms with E-state index in [9.17, 15) is 13.2 Å². The second-order valence-electron chi connectivity index (χ2n) is 5.22. The number of rotatable bonds is 3. The number of hydrogen-bond donors (Lipinski definition) is 0. The predicted molar refractivity (Wildman–Crippen MR) is 86.3 cm³/mol. The van der Waals surface area contributed by atoms with Gasteiger partial charge in [0.2, 0.25) is 0 Å². The van der Waals surface area contributed by atoms with Gasteiger partial charge in [0, 0.05) is 33.3 Å². The molecule has 0 radical (unpaired) electrons. The molecule has 1 heterocycles. The molecule has 1 unspecified atom stereocenters. The second kappa shape index (κ2) is 6.26. The molecule has 1 fully saturated rings. The molecule has 1 aromatic rings. The summed E-state index contributed by atoms with van der Waals surface area (Å²) in [6.45, 7) is 4.39. The van der Waals surface area contributed by atoms with Crippen molar-refractivity contribution in [2.45, 2.75) is 44.0 Å². The van der Waals surface area contributed by atoms with Crippen molar-refractivity contribution in [2.75, 3.05) is 6.54 Å². The fraction of sp³-hybridized carbons (Fsp3) is 0.500. The summed E-state index contributed by atoms with van der Waals surface area (Å²) in [5, 5.41) is 0. The Hall–Kier alpha value is -0.590. The summed E-state index contributed by atoms with van der Waals surface area (Å²) in [5.74, 6) is -0.125. The zero-order valence-electron chi connectivity index (χ0n) is 11.9. The standard InChI is InChI=1S/C14H17BrClNO3S/c1-3-11-5-4-6-17(11)14(18)12-7-10(15)8-13(9(12)2)21(16,19)20/h7-8,11H,3-6H2,1-2H3. The molecule has 0 aliphatic carbocycles. The highest BCUT2D eigenvalue weighted by molar-refractivity contribution is 9.10. The molecule has 0 aromatic heterocycles. The lowest BCUT2D eigenvalue weighted by atomic mass is 10.1. The molecular weight excluding hydrogens is 378 g/mol. The first-order valence-corrected chi connectivity index (χ1v) is 9.91. The Kier molecular flexibility index (Phi) is 5.00. The highest BCUT2D eigenvalue weighted by Crippen LogP contribution is 2.30. The Balaban J connectivity index is 2.49. The third-order valence-corrected chi connectivity index (χ3v) is 5.83. The first-order valence-electron chi connectivity index (χ1n) is 6.81. The van der Waals surface area contributed by atoms with E-state index in [-0.39, 0.29) is 16.8 Å². The van der Waals surface area contributed by atoms with E-state index in [1.807, 2.05) is 4.90 Å². The molecule has 2 rings (SSSR count). The number of hydrogen-bond acceptors (Lipinski definition) is 3. The van der Waals surface area contributed by atoms with Crippen LogP contribution in [0.15, 0.2) is 21.5 Å². The zero-order valence-corrected chi connectivity index (χ0v) is 15.1. The van der Waals surface area contributed by atoms with Crippen LogP contribution in [-0.2, 0) is 9.05 Å². The van der Waals surface area contributed by atoms with Gasteiger partial charge in [0.05, 0.1) is 4.90 Å². The predicted octanol–water partition coefficient (Wildman–Crippen LogP) is 3.70. The molecule has 1 aromatic carbocycles. The number of carbonyl (C=O) groups is 1. The summed E-state index contributed by atoms with van der Waals surface area (Å²) in [7, 11) is 1.57. The molecule has 21 heavy (non-hydrogen) atoms. The molecule has 1 saturated heterocycles. The Morgan fingerprint density at radius 3 is 2.71 bits per heavy atom. The van der Waals surface area contributed by atoms with E-state index in [1.54, 1.807) is 13.0 Å². The Morgan fingerprint density at radius 2 is 2.14 bits per heavy atom. The van der Waals surface area contributed by atoms with E-state index in [4.69, 9.17) is 10.7 Å². The minimum Gasteiger partial charge on any atom is -0.336 e. The zero-order chi connectivity index (χ0) is 15.8. The minimum atomic E-state index is -3.88. The number of carbonyl (C=O) groups excluding carboxylic acids is 1. The Labute approximate surface area is 138 Å². The monoisotopic (exact) mass is 393 g/mol. The van der Waals surface area contributed by atoms with Crippen molar-refractivity contribution < 1.29 is 13.2 Å². The maximum Gasteiger partial charge on any atom is 0.261 e. The van der Waals surface area contributed by atoms with Crippen LogP contribution in [0, 0.1) is 6.92 Å². The van der Waals surface area contributed by atoms with E-state index in [2.05, 4.69) is 22.9 Å². The van der Waals surface area contributed by atoms with Crippen LogP contribution in [0.3, 0.4) is 0 Å². The molecule has 1 atom stereocenters. The van der Waals surface area contributed by atoms with E-state index in [0.717, 1.165) is 19.3 Å². The van der Waals surface area contributed by atoms with E-state index in [1.165, 1.54) is 6.07 Å². The molecular formula is C14H17BrClNO3S. The lowest BCUT2D eigenvalue weighted by Gasteiger charge is -2.25. The van der Waals surface area contributed by atoms with E-state index in [0.29, 0.717) is 22.1 Å². The molecule has 4 nitrogen and oxygen atoms in total. The first kappa shape index (κ1) is 16.8. The van der Waals surface area contributed by atoms with Crippen LogP contribution in [-0.4, -0.2) is 31.8 Å². The van der Waals surface area contributed by atoms with Gasteiger partial charge in [0.25, 0.3) is 15.0 Å². The number of halogens is 2. The summed E-state index contributed by atoms with van der Waals surface area (Å²) in [6.07, 6.45) is 2.88. The maximum atomic E-state index is 12.7. The third-order valence-electron chi connectivity index (χ3n) is 3.93. The van der Waals surface area contributed by atoms with Gasteiger partial charge in [-0.2, -0.15) is 0 Å². The fourth-order valence-electron chi connectivity index (χ4n) is 2.81. The largest absolute Gasteiger partial charge is 0.336 e. The van der Waals surface area contributed by atoms with Crippen molar-refractivity contribution in [3.05, 3.63) is 27.7 Å². The van der Waals surface area contributed by atoms with Gasteiger partial charge in [-0.15, -0.1) is 0 Å². The minimum absolute atomic E-state index is 0.0193.